The van der Waals surface area contributed by atoms with Crippen molar-refractivity contribution >= 4 is 29.4 Å². The summed E-state index contributed by atoms with van der Waals surface area (Å²) in [6, 6.07) is 3.99. The molecule has 1 fully saturated rings. The quantitative estimate of drug-likeness (QED) is 0.423. The van der Waals surface area contributed by atoms with Crippen molar-refractivity contribution in [3.05, 3.63) is 34.6 Å². The number of rotatable bonds is 8. The van der Waals surface area contributed by atoms with Gasteiger partial charge in [-0.3, -0.25) is 9.59 Å². The Morgan fingerprint density at radius 3 is 2.27 bits per heavy atom. The maximum atomic E-state index is 13.4. The van der Waals surface area contributed by atoms with Gasteiger partial charge in [0.1, 0.15) is 5.82 Å². The number of piperazine rings is 1. The molecule has 0 bridgehead atoms. The van der Waals surface area contributed by atoms with E-state index in [-0.39, 0.29) is 16.8 Å². The number of alkyl halides is 3. The number of carboxylic acids is 1. The van der Waals surface area contributed by atoms with Crippen LogP contribution in [0.2, 0.25) is 5.02 Å². The van der Waals surface area contributed by atoms with E-state index in [4.69, 9.17) is 21.5 Å². The van der Waals surface area contributed by atoms with Crippen LogP contribution in [0.5, 0.6) is 0 Å². The summed E-state index contributed by atoms with van der Waals surface area (Å²) in [4.78, 5) is 37.6. The molecule has 33 heavy (non-hydrogen) atoms. The second kappa shape index (κ2) is 14.0. The molecule has 0 aromatic heterocycles. The Bertz CT molecular complexity index is 802. The van der Waals surface area contributed by atoms with E-state index < -0.39 is 18.0 Å². The van der Waals surface area contributed by atoms with E-state index in [2.05, 4.69) is 12.2 Å². The van der Waals surface area contributed by atoms with Gasteiger partial charge in [0.25, 0.3) is 5.91 Å². The van der Waals surface area contributed by atoms with Crippen molar-refractivity contribution in [2.24, 2.45) is 0 Å². The Balaban J connectivity index is 0.000000675. The van der Waals surface area contributed by atoms with Gasteiger partial charge < -0.3 is 20.2 Å². The highest BCUT2D eigenvalue weighted by molar-refractivity contribution is 6.31. The molecule has 1 saturated heterocycles. The monoisotopic (exact) mass is 497 g/mol. The molecule has 0 atom stereocenters. The summed E-state index contributed by atoms with van der Waals surface area (Å²) < 4.78 is 45.1. The molecule has 1 aliphatic rings. The molecule has 0 spiro atoms. The van der Waals surface area contributed by atoms with Crippen molar-refractivity contribution in [2.75, 3.05) is 39.3 Å². The van der Waals surface area contributed by atoms with Crippen molar-refractivity contribution in [3.63, 3.8) is 0 Å². The molecule has 1 aromatic carbocycles. The number of aliphatic carboxylic acids is 1. The van der Waals surface area contributed by atoms with Crippen molar-refractivity contribution in [1.29, 1.82) is 0 Å². The maximum Gasteiger partial charge on any atom is 0.490 e. The first-order chi connectivity index (χ1) is 15.5. The fourth-order valence-electron chi connectivity index (χ4n) is 2.98. The first kappa shape index (κ1) is 28.6. The number of hydrogen-bond donors (Lipinski definition) is 2. The summed E-state index contributed by atoms with van der Waals surface area (Å²) >= 11 is 5.81. The molecule has 186 valence electrons. The summed E-state index contributed by atoms with van der Waals surface area (Å²) in [5.74, 6) is -3.45. The molecular formula is C21H28ClF4N3O4. The van der Waals surface area contributed by atoms with Crippen molar-refractivity contribution in [2.45, 2.75) is 38.8 Å². The molecule has 0 saturated carbocycles. The largest absolute Gasteiger partial charge is 0.490 e. The Morgan fingerprint density at radius 1 is 1.15 bits per heavy atom. The van der Waals surface area contributed by atoms with Crippen LogP contribution >= 0.6 is 11.6 Å². The Hall–Kier alpha value is -2.40. The number of unbranched alkanes of at least 4 members (excludes halogenated alkanes) is 2. The van der Waals surface area contributed by atoms with Gasteiger partial charge in [0.05, 0.1) is 5.02 Å². The number of halogens is 5. The molecular weight excluding hydrogens is 470 g/mol. The number of carboxylic acid groups (broad SMARTS) is 1. The summed E-state index contributed by atoms with van der Waals surface area (Å²) in [5, 5.41) is 10.3. The van der Waals surface area contributed by atoms with Crippen molar-refractivity contribution < 1.29 is 37.1 Å². The SMILES string of the molecule is CCCCCN(CCC(=O)N1CCNCC1)C(=O)c1ccc(F)c(Cl)c1.O=C(O)C(F)(F)F. The summed E-state index contributed by atoms with van der Waals surface area (Å²) in [6.07, 6.45) is -1.85. The lowest BCUT2D eigenvalue weighted by Gasteiger charge is -2.29. The summed E-state index contributed by atoms with van der Waals surface area (Å²) in [5.41, 5.74) is 0.350. The molecule has 1 aromatic rings. The smallest absolute Gasteiger partial charge is 0.475 e. The van der Waals surface area contributed by atoms with Crippen LogP contribution in [-0.2, 0) is 9.59 Å². The minimum Gasteiger partial charge on any atom is -0.475 e. The number of nitrogens with zero attached hydrogens (tertiary/aromatic N) is 2. The third kappa shape index (κ3) is 10.4. The van der Waals surface area contributed by atoms with E-state index >= 15 is 0 Å². The predicted molar refractivity (Wildman–Crippen MR) is 115 cm³/mol. The molecule has 2 rings (SSSR count). The number of carbonyl (C=O) groups is 3. The number of carbonyl (C=O) groups excluding carboxylic acids is 2. The average molecular weight is 498 g/mol. The van der Waals surface area contributed by atoms with E-state index in [1.165, 1.54) is 18.2 Å². The van der Waals surface area contributed by atoms with Gasteiger partial charge in [0, 0.05) is 51.3 Å². The van der Waals surface area contributed by atoms with E-state index in [0.29, 0.717) is 38.2 Å². The zero-order valence-corrected chi connectivity index (χ0v) is 19.0. The first-order valence-electron chi connectivity index (χ1n) is 10.5. The highest BCUT2D eigenvalue weighted by Crippen LogP contribution is 2.18. The third-order valence-electron chi connectivity index (χ3n) is 4.79. The van der Waals surface area contributed by atoms with E-state index in [1.807, 2.05) is 4.90 Å². The molecule has 2 amide bonds. The first-order valence-corrected chi connectivity index (χ1v) is 10.9. The second-order valence-corrected chi connectivity index (χ2v) is 7.72. The number of nitrogens with one attached hydrogen (secondary N) is 1. The minimum atomic E-state index is -5.08. The Morgan fingerprint density at radius 2 is 1.76 bits per heavy atom. The van der Waals surface area contributed by atoms with Crippen LogP contribution in [0.3, 0.4) is 0 Å². The molecule has 0 aliphatic carbocycles. The topological polar surface area (TPSA) is 90.0 Å². The van der Waals surface area contributed by atoms with Crippen LogP contribution < -0.4 is 5.32 Å². The highest BCUT2D eigenvalue weighted by Gasteiger charge is 2.38. The standard InChI is InChI=1S/C19H27ClFN3O2.C2HF3O2/c1-2-3-4-10-24(11-7-18(25)23-12-8-22-9-13-23)19(26)15-5-6-17(21)16(20)14-15;3-2(4,5)1(6)7/h5-6,14,22H,2-4,7-13H2,1H3;(H,6,7). The Kier molecular flexibility index (Phi) is 12.1. The van der Waals surface area contributed by atoms with E-state index in [0.717, 1.165) is 32.4 Å². The van der Waals surface area contributed by atoms with Crippen LogP contribution in [0, 0.1) is 5.82 Å². The second-order valence-electron chi connectivity index (χ2n) is 7.31. The lowest BCUT2D eigenvalue weighted by molar-refractivity contribution is -0.192. The number of hydrogen-bond acceptors (Lipinski definition) is 4. The van der Waals surface area contributed by atoms with Crippen molar-refractivity contribution in [3.8, 4) is 0 Å². The van der Waals surface area contributed by atoms with Gasteiger partial charge in [-0.25, -0.2) is 9.18 Å². The number of benzene rings is 1. The molecule has 1 aliphatic heterocycles. The molecule has 12 heteroatoms. The fourth-order valence-corrected chi connectivity index (χ4v) is 3.16. The predicted octanol–water partition coefficient (Wildman–Crippen LogP) is 3.57. The maximum absolute atomic E-state index is 13.4. The van der Waals surface area contributed by atoms with Crippen molar-refractivity contribution in [1.82, 2.24) is 15.1 Å². The van der Waals surface area contributed by atoms with Crippen LogP contribution in [0.4, 0.5) is 17.6 Å². The van der Waals surface area contributed by atoms with Crippen LogP contribution in [0.25, 0.3) is 0 Å². The van der Waals surface area contributed by atoms with Gasteiger partial charge in [-0.1, -0.05) is 31.4 Å². The van der Waals surface area contributed by atoms with Gasteiger partial charge in [-0.15, -0.1) is 0 Å². The lowest BCUT2D eigenvalue weighted by Crippen LogP contribution is -2.47. The molecule has 2 N–H and O–H groups in total. The van der Waals surface area contributed by atoms with E-state index in [9.17, 15) is 27.2 Å². The zero-order valence-electron chi connectivity index (χ0n) is 18.3. The molecule has 0 radical (unpaired) electrons. The minimum absolute atomic E-state index is 0.0666. The molecule has 0 unspecified atom stereocenters. The summed E-state index contributed by atoms with van der Waals surface area (Å²) in [6.45, 7) is 6.06. The van der Waals surface area contributed by atoms with Crippen LogP contribution in [0.1, 0.15) is 43.0 Å². The average Bonchev–Trinajstić information content (AvgIpc) is 2.77. The van der Waals surface area contributed by atoms with Crippen LogP contribution in [-0.4, -0.2) is 78.1 Å². The third-order valence-corrected chi connectivity index (χ3v) is 5.08. The van der Waals surface area contributed by atoms with E-state index in [1.54, 1.807) is 4.90 Å². The van der Waals surface area contributed by atoms with Gasteiger partial charge in [0.15, 0.2) is 0 Å². The van der Waals surface area contributed by atoms with Gasteiger partial charge in [0.2, 0.25) is 5.91 Å². The molecule has 1 heterocycles. The zero-order chi connectivity index (χ0) is 25.0. The fraction of sp³-hybridized carbons (Fsp3) is 0.571. The Labute approximate surface area is 194 Å². The van der Waals surface area contributed by atoms with Gasteiger partial charge in [-0.05, 0) is 24.6 Å². The van der Waals surface area contributed by atoms with Gasteiger partial charge >= 0.3 is 12.1 Å². The van der Waals surface area contributed by atoms with Gasteiger partial charge in [-0.2, -0.15) is 13.2 Å². The molecule has 7 nitrogen and oxygen atoms in total. The normalized spacial score (nSPS) is 13.7. The summed E-state index contributed by atoms with van der Waals surface area (Å²) in [7, 11) is 0. The highest BCUT2D eigenvalue weighted by atomic mass is 35.5. The lowest BCUT2D eigenvalue weighted by atomic mass is 10.1. The van der Waals surface area contributed by atoms with Crippen LogP contribution in [0.15, 0.2) is 18.2 Å². The number of amides is 2.